The molecule has 0 saturated heterocycles. The number of nitrogens with two attached hydrogens (primary N) is 1. The second kappa shape index (κ2) is 5.66. The summed E-state index contributed by atoms with van der Waals surface area (Å²) in [4.78, 5) is 0. The molecule has 0 heterocycles. The highest BCUT2D eigenvalue weighted by molar-refractivity contribution is 7.91. The molecule has 1 atom stereocenters. The van der Waals surface area contributed by atoms with Crippen molar-refractivity contribution < 1.29 is 26.3 Å². The minimum atomic E-state index is -4.43. The van der Waals surface area contributed by atoms with Crippen LogP contribution in [0.2, 0.25) is 0 Å². The summed E-state index contributed by atoms with van der Waals surface area (Å²) in [7, 11) is -3.42. The van der Waals surface area contributed by atoms with Crippen molar-refractivity contribution in [2.45, 2.75) is 19.1 Å². The smallest absolute Gasteiger partial charge is 0.371 e. The Morgan fingerprint density at radius 1 is 1.40 bits per heavy atom. The average molecular weight is 249 g/mol. The SMILES string of the molecule is CC(N)CS(=O)(=O)CCOCC(F)(F)F. The third-order valence-corrected chi connectivity index (χ3v) is 3.14. The number of halogens is 3. The average Bonchev–Trinajstić information content (AvgIpc) is 1.93. The maximum absolute atomic E-state index is 11.6. The van der Waals surface area contributed by atoms with Crippen molar-refractivity contribution in [1.29, 1.82) is 0 Å². The van der Waals surface area contributed by atoms with E-state index < -0.39 is 41.0 Å². The number of alkyl halides is 3. The van der Waals surface area contributed by atoms with Gasteiger partial charge in [-0.25, -0.2) is 8.42 Å². The van der Waals surface area contributed by atoms with E-state index >= 15 is 0 Å². The van der Waals surface area contributed by atoms with Gasteiger partial charge in [0, 0.05) is 6.04 Å². The molecule has 0 aliphatic heterocycles. The van der Waals surface area contributed by atoms with Gasteiger partial charge in [0.1, 0.15) is 6.61 Å². The predicted octanol–water partition coefficient (Wildman–Crippen LogP) is 0.327. The van der Waals surface area contributed by atoms with Crippen molar-refractivity contribution in [2.24, 2.45) is 5.73 Å². The second-order valence-electron chi connectivity index (χ2n) is 3.26. The predicted molar refractivity (Wildman–Crippen MR) is 49.2 cm³/mol. The molecule has 2 N–H and O–H groups in total. The zero-order chi connectivity index (χ0) is 12.1. The standard InChI is InChI=1S/C7H14F3NO3S/c1-6(11)4-15(12,13)3-2-14-5-7(8,9)10/h6H,2-5,11H2,1H3. The number of rotatable bonds is 6. The Kier molecular flexibility index (Phi) is 5.54. The first-order valence-corrected chi connectivity index (χ1v) is 6.05. The third kappa shape index (κ3) is 9.95. The quantitative estimate of drug-likeness (QED) is 0.689. The summed E-state index contributed by atoms with van der Waals surface area (Å²) in [6.07, 6.45) is -4.43. The Balaban J connectivity index is 3.77. The lowest BCUT2D eigenvalue weighted by molar-refractivity contribution is -0.172. The molecule has 0 saturated carbocycles. The summed E-state index contributed by atoms with van der Waals surface area (Å²) in [6.45, 7) is -0.386. The third-order valence-electron chi connectivity index (χ3n) is 1.32. The van der Waals surface area contributed by atoms with Crippen LogP contribution in [0, 0.1) is 0 Å². The van der Waals surface area contributed by atoms with E-state index in [1.54, 1.807) is 0 Å². The fourth-order valence-corrected chi connectivity index (χ4v) is 2.20. The van der Waals surface area contributed by atoms with E-state index in [2.05, 4.69) is 4.74 Å². The summed E-state index contributed by atoms with van der Waals surface area (Å²) in [5.74, 6) is -0.688. The molecule has 92 valence electrons. The Labute approximate surface area is 86.5 Å². The van der Waals surface area contributed by atoms with Crippen LogP contribution >= 0.6 is 0 Å². The van der Waals surface area contributed by atoms with Crippen molar-refractivity contribution >= 4 is 9.84 Å². The molecule has 0 radical (unpaired) electrons. The Morgan fingerprint density at radius 2 is 1.93 bits per heavy atom. The van der Waals surface area contributed by atoms with Crippen LogP contribution in [-0.2, 0) is 14.6 Å². The molecule has 1 unspecified atom stereocenters. The zero-order valence-corrected chi connectivity index (χ0v) is 9.07. The molecule has 0 spiro atoms. The zero-order valence-electron chi connectivity index (χ0n) is 8.25. The van der Waals surface area contributed by atoms with E-state index in [-0.39, 0.29) is 5.75 Å². The van der Waals surface area contributed by atoms with Crippen LogP contribution in [0.25, 0.3) is 0 Å². The van der Waals surface area contributed by atoms with Crippen LogP contribution in [0.15, 0.2) is 0 Å². The normalized spacial score (nSPS) is 15.3. The molecule has 4 nitrogen and oxygen atoms in total. The lowest BCUT2D eigenvalue weighted by atomic mass is 10.4. The van der Waals surface area contributed by atoms with Gasteiger partial charge in [-0.1, -0.05) is 0 Å². The maximum atomic E-state index is 11.6. The van der Waals surface area contributed by atoms with Crippen LogP contribution in [0.1, 0.15) is 6.92 Å². The molecular weight excluding hydrogens is 235 g/mol. The first-order chi connectivity index (χ1) is 6.62. The lowest BCUT2D eigenvalue weighted by Crippen LogP contribution is -2.29. The van der Waals surface area contributed by atoms with E-state index in [1.807, 2.05) is 0 Å². The molecule has 0 aliphatic rings. The van der Waals surface area contributed by atoms with E-state index in [0.717, 1.165) is 0 Å². The van der Waals surface area contributed by atoms with Gasteiger partial charge >= 0.3 is 6.18 Å². The van der Waals surface area contributed by atoms with Crippen molar-refractivity contribution in [3.05, 3.63) is 0 Å². The lowest BCUT2D eigenvalue weighted by Gasteiger charge is -2.09. The van der Waals surface area contributed by atoms with Crippen molar-refractivity contribution in [2.75, 3.05) is 24.7 Å². The van der Waals surface area contributed by atoms with E-state index in [4.69, 9.17) is 5.73 Å². The molecular formula is C7H14F3NO3S. The molecule has 15 heavy (non-hydrogen) atoms. The van der Waals surface area contributed by atoms with Gasteiger partial charge in [0.2, 0.25) is 0 Å². The minimum Gasteiger partial charge on any atom is -0.371 e. The van der Waals surface area contributed by atoms with Crippen LogP contribution < -0.4 is 5.73 Å². The van der Waals surface area contributed by atoms with Gasteiger partial charge in [0.15, 0.2) is 9.84 Å². The van der Waals surface area contributed by atoms with Gasteiger partial charge in [-0.2, -0.15) is 13.2 Å². The highest BCUT2D eigenvalue weighted by Crippen LogP contribution is 2.14. The monoisotopic (exact) mass is 249 g/mol. The van der Waals surface area contributed by atoms with E-state index in [9.17, 15) is 21.6 Å². The van der Waals surface area contributed by atoms with Crippen LogP contribution in [0.3, 0.4) is 0 Å². The molecule has 8 heteroatoms. The van der Waals surface area contributed by atoms with E-state index in [1.165, 1.54) is 6.92 Å². The largest absolute Gasteiger partial charge is 0.411 e. The topological polar surface area (TPSA) is 69.4 Å². The first kappa shape index (κ1) is 14.7. The van der Waals surface area contributed by atoms with Crippen LogP contribution in [-0.4, -0.2) is 45.4 Å². The Hall–Kier alpha value is -0.340. The molecule has 0 aromatic heterocycles. The van der Waals surface area contributed by atoms with Crippen molar-refractivity contribution in [1.82, 2.24) is 0 Å². The van der Waals surface area contributed by atoms with E-state index in [0.29, 0.717) is 0 Å². The van der Waals surface area contributed by atoms with Gasteiger partial charge in [-0.15, -0.1) is 0 Å². The van der Waals surface area contributed by atoms with Crippen LogP contribution in [0.4, 0.5) is 13.2 Å². The number of hydrogen-bond donors (Lipinski definition) is 1. The van der Waals surface area contributed by atoms with Gasteiger partial charge < -0.3 is 10.5 Å². The summed E-state index contributed by atoms with van der Waals surface area (Å²) < 4.78 is 61.2. The summed E-state index contributed by atoms with van der Waals surface area (Å²) in [5, 5.41) is 0. The van der Waals surface area contributed by atoms with Gasteiger partial charge in [0.25, 0.3) is 0 Å². The number of sulfone groups is 1. The fourth-order valence-electron chi connectivity index (χ4n) is 0.858. The molecule has 0 fully saturated rings. The van der Waals surface area contributed by atoms with Crippen LogP contribution in [0.5, 0.6) is 0 Å². The highest BCUT2D eigenvalue weighted by atomic mass is 32.2. The minimum absolute atomic E-state index is 0.248. The molecule has 0 bridgehead atoms. The van der Waals surface area contributed by atoms with Gasteiger partial charge in [-0.05, 0) is 6.92 Å². The molecule has 0 amide bonds. The highest BCUT2D eigenvalue weighted by Gasteiger charge is 2.27. The Bertz CT molecular complexity index is 274. The molecule has 0 aromatic rings. The fraction of sp³-hybridized carbons (Fsp3) is 1.00. The van der Waals surface area contributed by atoms with Crippen molar-refractivity contribution in [3.63, 3.8) is 0 Å². The number of hydrogen-bond acceptors (Lipinski definition) is 4. The first-order valence-electron chi connectivity index (χ1n) is 4.23. The molecule has 0 rings (SSSR count). The van der Waals surface area contributed by atoms with Crippen molar-refractivity contribution in [3.8, 4) is 0 Å². The Morgan fingerprint density at radius 3 is 2.33 bits per heavy atom. The maximum Gasteiger partial charge on any atom is 0.411 e. The van der Waals surface area contributed by atoms with Gasteiger partial charge in [0.05, 0.1) is 18.1 Å². The summed E-state index contributed by atoms with van der Waals surface area (Å²) in [5.41, 5.74) is 5.25. The summed E-state index contributed by atoms with van der Waals surface area (Å²) >= 11 is 0. The second-order valence-corrected chi connectivity index (χ2v) is 5.49. The molecule has 0 aromatic carbocycles. The molecule has 0 aliphatic carbocycles. The number of ether oxygens (including phenoxy) is 1. The van der Waals surface area contributed by atoms with Gasteiger partial charge in [-0.3, -0.25) is 0 Å². The summed E-state index contributed by atoms with van der Waals surface area (Å²) in [6, 6.07) is -0.530.